The molecule has 1 atom stereocenters. The number of nitrogens with zero attached hydrogens (tertiary/aromatic N) is 6. The van der Waals surface area contributed by atoms with Crippen LogP contribution in [0.5, 0.6) is 0 Å². The van der Waals surface area contributed by atoms with Crippen LogP contribution in [0.1, 0.15) is 72.3 Å². The van der Waals surface area contributed by atoms with Crippen molar-refractivity contribution in [2.45, 2.75) is 85.6 Å². The number of hydrogen-bond acceptors (Lipinski definition) is 4. The summed E-state index contributed by atoms with van der Waals surface area (Å²) in [6.07, 6.45) is -0.944. The molecule has 1 N–H and O–H groups in total. The van der Waals surface area contributed by atoms with Gasteiger partial charge < -0.3 is 5.32 Å². The molecule has 1 amide bonds. The van der Waals surface area contributed by atoms with E-state index in [2.05, 4.69) is 20.6 Å². The number of carbonyl (C=O) groups is 1. The van der Waals surface area contributed by atoms with E-state index in [4.69, 9.17) is 0 Å². The van der Waals surface area contributed by atoms with E-state index < -0.39 is 23.8 Å². The molecule has 3 aromatic heterocycles. The lowest BCUT2D eigenvalue weighted by atomic mass is 10.1. The van der Waals surface area contributed by atoms with Gasteiger partial charge in [0.1, 0.15) is 6.04 Å². The minimum Gasteiger partial charge on any atom is -0.321 e. The molecule has 184 valence electrons. The maximum atomic E-state index is 13.5. The highest BCUT2D eigenvalue weighted by Gasteiger charge is 2.41. The Kier molecular flexibility index (Phi) is 6.30. The average Bonchev–Trinajstić information content (AvgIpc) is 3.51. The van der Waals surface area contributed by atoms with E-state index in [-0.39, 0.29) is 5.56 Å². The number of amides is 1. The van der Waals surface area contributed by atoms with Gasteiger partial charge in [-0.15, -0.1) is 0 Å². The van der Waals surface area contributed by atoms with Gasteiger partial charge in [-0.05, 0) is 53.4 Å². The quantitative estimate of drug-likeness (QED) is 0.548. The van der Waals surface area contributed by atoms with Crippen LogP contribution in [0.3, 0.4) is 0 Å². The molecule has 3 heterocycles. The van der Waals surface area contributed by atoms with E-state index in [1.165, 1.54) is 4.68 Å². The SMILES string of the molecule is CC[C@H](C(=O)Nc1c(C)nn(Cc2cnn(CC)c2C)c1C)n1nc(C(F)(F)F)c2c1CCC2. The topological polar surface area (TPSA) is 82.6 Å². The molecule has 8 nitrogen and oxygen atoms in total. The number of aryl methyl sites for hydroxylation is 2. The Morgan fingerprint density at radius 2 is 1.85 bits per heavy atom. The zero-order chi connectivity index (χ0) is 24.8. The van der Waals surface area contributed by atoms with Crippen molar-refractivity contribution in [1.29, 1.82) is 0 Å². The van der Waals surface area contributed by atoms with E-state index in [0.717, 1.165) is 23.5 Å². The maximum Gasteiger partial charge on any atom is 0.435 e. The van der Waals surface area contributed by atoms with Gasteiger partial charge in [0, 0.05) is 29.1 Å². The molecule has 0 saturated heterocycles. The number of rotatable bonds is 7. The number of halogens is 3. The summed E-state index contributed by atoms with van der Waals surface area (Å²) in [5.74, 6) is -0.394. The molecule has 0 saturated carbocycles. The van der Waals surface area contributed by atoms with Crippen LogP contribution in [0.15, 0.2) is 6.20 Å². The normalized spacial score (nSPS) is 14.5. The highest BCUT2D eigenvalue weighted by Crippen LogP contribution is 2.38. The Balaban J connectivity index is 1.60. The smallest absolute Gasteiger partial charge is 0.321 e. The molecule has 1 aliphatic carbocycles. The molecule has 0 fully saturated rings. The Hall–Kier alpha value is -3.11. The second-order valence-corrected chi connectivity index (χ2v) is 8.76. The van der Waals surface area contributed by atoms with Crippen molar-refractivity contribution in [1.82, 2.24) is 29.3 Å². The van der Waals surface area contributed by atoms with Gasteiger partial charge in [0.05, 0.1) is 29.8 Å². The first-order valence-corrected chi connectivity index (χ1v) is 11.6. The summed E-state index contributed by atoms with van der Waals surface area (Å²) in [4.78, 5) is 13.3. The molecule has 3 aromatic rings. The van der Waals surface area contributed by atoms with Gasteiger partial charge in [0.15, 0.2) is 5.69 Å². The molecule has 1 aliphatic rings. The highest BCUT2D eigenvalue weighted by atomic mass is 19.4. The molecule has 0 aromatic carbocycles. The summed E-state index contributed by atoms with van der Waals surface area (Å²) in [6, 6.07) is -0.838. The van der Waals surface area contributed by atoms with Crippen molar-refractivity contribution >= 4 is 11.6 Å². The van der Waals surface area contributed by atoms with Crippen LogP contribution < -0.4 is 5.32 Å². The van der Waals surface area contributed by atoms with E-state index in [1.54, 1.807) is 13.8 Å². The molecule has 0 radical (unpaired) electrons. The number of carbonyl (C=O) groups excluding carboxylic acids is 1. The molecule has 0 aliphatic heterocycles. The number of nitrogens with one attached hydrogen (secondary N) is 1. The van der Waals surface area contributed by atoms with Gasteiger partial charge in [-0.3, -0.25) is 18.8 Å². The third-order valence-electron chi connectivity index (χ3n) is 6.67. The second-order valence-electron chi connectivity index (χ2n) is 8.76. The predicted octanol–water partition coefficient (Wildman–Crippen LogP) is 4.37. The summed E-state index contributed by atoms with van der Waals surface area (Å²) in [6.45, 7) is 10.8. The predicted molar refractivity (Wildman–Crippen MR) is 121 cm³/mol. The molecule has 0 bridgehead atoms. The minimum absolute atomic E-state index is 0.224. The Bertz CT molecular complexity index is 1220. The lowest BCUT2D eigenvalue weighted by Crippen LogP contribution is -2.28. The van der Waals surface area contributed by atoms with Crippen LogP contribution in [-0.2, 0) is 36.9 Å². The number of aromatic nitrogens is 6. The van der Waals surface area contributed by atoms with E-state index in [0.29, 0.717) is 49.3 Å². The fourth-order valence-corrected chi connectivity index (χ4v) is 4.78. The van der Waals surface area contributed by atoms with Crippen molar-refractivity contribution in [3.05, 3.63) is 45.8 Å². The first-order valence-electron chi connectivity index (χ1n) is 11.6. The molecular formula is C23H30F3N7O. The van der Waals surface area contributed by atoms with Crippen molar-refractivity contribution in [3.8, 4) is 0 Å². The Labute approximate surface area is 196 Å². The Morgan fingerprint density at radius 1 is 1.12 bits per heavy atom. The van der Waals surface area contributed by atoms with Crippen molar-refractivity contribution in [2.24, 2.45) is 0 Å². The maximum absolute atomic E-state index is 13.5. The zero-order valence-electron chi connectivity index (χ0n) is 20.1. The van der Waals surface area contributed by atoms with E-state index in [1.807, 2.05) is 36.3 Å². The fraction of sp³-hybridized carbons (Fsp3) is 0.565. The summed E-state index contributed by atoms with van der Waals surface area (Å²) in [5, 5.41) is 15.7. The molecular weight excluding hydrogens is 447 g/mol. The lowest BCUT2D eigenvalue weighted by molar-refractivity contribution is -0.142. The molecule has 11 heteroatoms. The number of alkyl halides is 3. The van der Waals surface area contributed by atoms with Gasteiger partial charge in [-0.2, -0.15) is 28.5 Å². The third-order valence-corrected chi connectivity index (χ3v) is 6.67. The number of fused-ring (bicyclic) bond motifs is 1. The molecule has 0 unspecified atom stereocenters. The third kappa shape index (κ3) is 4.12. The highest BCUT2D eigenvalue weighted by molar-refractivity contribution is 5.94. The standard InChI is InChI=1S/C23H30F3N7O/c1-6-18(33-19-10-8-9-17(19)21(30-33)23(24,25)26)22(34)28-20-13(3)29-32(15(20)5)12-16-11-27-31(7-2)14(16)4/h11,18H,6-10,12H2,1-5H3,(H,28,34)/t18-/m1/s1. The second kappa shape index (κ2) is 8.92. The van der Waals surface area contributed by atoms with Gasteiger partial charge in [0.25, 0.3) is 0 Å². The van der Waals surface area contributed by atoms with Gasteiger partial charge in [-0.25, -0.2) is 0 Å². The summed E-state index contributed by atoms with van der Waals surface area (Å²) < 4.78 is 45.6. The molecule has 4 rings (SSSR count). The first kappa shape index (κ1) is 24.0. The lowest BCUT2D eigenvalue weighted by Gasteiger charge is -2.18. The monoisotopic (exact) mass is 477 g/mol. The number of anilines is 1. The summed E-state index contributed by atoms with van der Waals surface area (Å²) >= 11 is 0. The molecule has 34 heavy (non-hydrogen) atoms. The van der Waals surface area contributed by atoms with Crippen LogP contribution in [0.25, 0.3) is 0 Å². The van der Waals surface area contributed by atoms with E-state index >= 15 is 0 Å². The largest absolute Gasteiger partial charge is 0.435 e. The minimum atomic E-state index is -4.54. The first-order chi connectivity index (χ1) is 16.1. The molecule has 0 spiro atoms. The van der Waals surface area contributed by atoms with Crippen LogP contribution in [0.2, 0.25) is 0 Å². The van der Waals surface area contributed by atoms with Crippen LogP contribution in [0, 0.1) is 20.8 Å². The van der Waals surface area contributed by atoms with Gasteiger partial charge in [0.2, 0.25) is 5.91 Å². The summed E-state index contributed by atoms with van der Waals surface area (Å²) in [7, 11) is 0. The summed E-state index contributed by atoms with van der Waals surface area (Å²) in [5.41, 5.74) is 3.94. The van der Waals surface area contributed by atoms with Crippen molar-refractivity contribution in [2.75, 3.05) is 5.32 Å². The van der Waals surface area contributed by atoms with Gasteiger partial charge in [-0.1, -0.05) is 6.92 Å². The van der Waals surface area contributed by atoms with Crippen LogP contribution in [0.4, 0.5) is 18.9 Å². The van der Waals surface area contributed by atoms with Crippen molar-refractivity contribution < 1.29 is 18.0 Å². The van der Waals surface area contributed by atoms with E-state index in [9.17, 15) is 18.0 Å². The number of hydrogen-bond donors (Lipinski definition) is 1. The fourth-order valence-electron chi connectivity index (χ4n) is 4.78. The van der Waals surface area contributed by atoms with Gasteiger partial charge >= 0.3 is 6.18 Å². The van der Waals surface area contributed by atoms with Crippen LogP contribution >= 0.6 is 0 Å². The van der Waals surface area contributed by atoms with Crippen molar-refractivity contribution in [3.63, 3.8) is 0 Å². The zero-order valence-corrected chi connectivity index (χ0v) is 20.1. The van der Waals surface area contributed by atoms with Crippen LogP contribution in [-0.4, -0.2) is 35.2 Å². The average molecular weight is 478 g/mol. The Morgan fingerprint density at radius 3 is 2.47 bits per heavy atom.